The van der Waals surface area contributed by atoms with Crippen LogP contribution < -0.4 is 18.3 Å². The van der Waals surface area contributed by atoms with Gasteiger partial charge in [-0.2, -0.15) is 0 Å². The number of hydrogen-bond acceptors (Lipinski definition) is 0. The topological polar surface area (TPSA) is 15.5 Å². The third kappa shape index (κ3) is 15.9. The maximum absolute atomic E-state index is 7.59. The Morgan fingerprint density at radius 3 is 0.929 bits per heavy atom. The summed E-state index contributed by atoms with van der Waals surface area (Å²) in [6, 6.07) is 40.9. The number of nitrogens with zero attached hydrogens (tertiary/aromatic N) is 4. The minimum atomic E-state index is -2.06. The SMILES string of the molecule is CCC(C)(CC)c1c[n+](C)c(-c2ccccc2C)cc1C.CCC(C)(CC)c1c[n+](C)c(-c2ccccc2C)cc1C.CCC(C)(CC)c1ccc(-c2ccc(C)cc2C)[n+](C)c1.[2H]C([2H])([2H])c1ccc(-c2cc(C)c(C(C)(CC)CC)c[n+]2C)c(C)c1. The van der Waals surface area contributed by atoms with Gasteiger partial charge in [0.2, 0.25) is 22.8 Å². The Balaban J connectivity index is 0.000000214. The van der Waals surface area contributed by atoms with Crippen LogP contribution in [0, 0.1) is 62.2 Å². The quantitative estimate of drug-likeness (QED) is 0.0857. The fraction of sp³-hybridized carbons (Fsp3) is 0.457. The summed E-state index contributed by atoms with van der Waals surface area (Å²) in [7, 11) is 8.55. The summed E-state index contributed by atoms with van der Waals surface area (Å²) in [5.74, 6) is 0. The fourth-order valence-electron chi connectivity index (χ4n) is 12.5. The van der Waals surface area contributed by atoms with Crippen LogP contribution >= 0.6 is 0 Å². The third-order valence-electron chi connectivity index (χ3n) is 20.5. The van der Waals surface area contributed by atoms with E-state index in [1.54, 1.807) is 12.1 Å². The normalized spacial score (nSPS) is 12.4. The van der Waals surface area contributed by atoms with Crippen molar-refractivity contribution in [2.75, 3.05) is 0 Å². The summed E-state index contributed by atoms with van der Waals surface area (Å²) in [5, 5.41) is 0. The highest BCUT2D eigenvalue weighted by molar-refractivity contribution is 5.65. The molecule has 0 atom stereocenters. The highest BCUT2D eigenvalue weighted by Gasteiger charge is 2.32. The van der Waals surface area contributed by atoms with Gasteiger partial charge in [0, 0.05) is 72.9 Å². The van der Waals surface area contributed by atoms with Gasteiger partial charge in [-0.15, -0.1) is 0 Å². The van der Waals surface area contributed by atoms with Gasteiger partial charge in [-0.25, -0.2) is 18.3 Å². The molecule has 454 valence electrons. The van der Waals surface area contributed by atoms with Gasteiger partial charge >= 0.3 is 0 Å². The van der Waals surface area contributed by atoms with E-state index in [0.29, 0.717) is 5.56 Å². The number of pyridine rings is 4. The van der Waals surface area contributed by atoms with E-state index < -0.39 is 6.85 Å². The van der Waals surface area contributed by atoms with Crippen molar-refractivity contribution in [2.24, 2.45) is 28.2 Å². The summed E-state index contributed by atoms with van der Waals surface area (Å²) >= 11 is 0. The van der Waals surface area contributed by atoms with E-state index in [9.17, 15) is 0 Å². The third-order valence-corrected chi connectivity index (χ3v) is 20.5. The van der Waals surface area contributed by atoms with Crippen LogP contribution in [0.1, 0.15) is 211 Å². The van der Waals surface area contributed by atoms with Gasteiger partial charge in [0.1, 0.15) is 28.2 Å². The van der Waals surface area contributed by atoms with Crippen LogP contribution in [0.2, 0.25) is 0 Å². The van der Waals surface area contributed by atoms with Crippen LogP contribution in [-0.4, -0.2) is 0 Å². The van der Waals surface area contributed by atoms with Crippen molar-refractivity contribution in [3.05, 3.63) is 212 Å². The molecular formula is C81H114N4+4. The molecule has 8 aromatic rings. The molecule has 4 heteroatoms. The van der Waals surface area contributed by atoms with Crippen LogP contribution in [0.3, 0.4) is 0 Å². The van der Waals surface area contributed by atoms with Crippen molar-refractivity contribution in [3.8, 4) is 45.0 Å². The number of benzene rings is 4. The lowest BCUT2D eigenvalue weighted by molar-refractivity contribution is -0.661. The molecule has 0 aliphatic rings. The molecule has 0 unspecified atom stereocenters. The molecule has 8 rings (SSSR count). The first kappa shape index (κ1) is 64.5. The molecule has 4 aromatic carbocycles. The number of rotatable bonds is 16. The van der Waals surface area contributed by atoms with Crippen molar-refractivity contribution >= 4 is 0 Å². The Morgan fingerprint density at radius 1 is 0.306 bits per heavy atom. The van der Waals surface area contributed by atoms with Crippen LogP contribution in [0.4, 0.5) is 0 Å². The molecule has 4 heterocycles. The number of aromatic nitrogens is 4. The molecule has 0 fully saturated rings. The molecule has 0 radical (unpaired) electrons. The zero-order valence-corrected chi connectivity index (χ0v) is 57.7. The van der Waals surface area contributed by atoms with Gasteiger partial charge in [-0.05, 0) is 205 Å². The minimum absolute atomic E-state index is 0.181. The summed E-state index contributed by atoms with van der Waals surface area (Å²) in [5.41, 5.74) is 27.6. The zero-order valence-electron chi connectivity index (χ0n) is 60.7. The molecule has 0 bridgehead atoms. The highest BCUT2D eigenvalue weighted by Crippen LogP contribution is 2.38. The average Bonchev–Trinajstić information content (AvgIpc) is 0.985. The van der Waals surface area contributed by atoms with Crippen molar-refractivity contribution in [1.82, 2.24) is 0 Å². The molecule has 0 spiro atoms. The second-order valence-corrected chi connectivity index (χ2v) is 26.1. The average molecular weight is 1150 g/mol. The number of hydrogen-bond donors (Lipinski definition) is 0. The molecule has 4 nitrogen and oxygen atoms in total. The molecule has 0 saturated heterocycles. The largest absolute Gasteiger partial charge is 0.212 e. The Hall–Kier alpha value is -6.52. The van der Waals surface area contributed by atoms with Gasteiger partial charge in [0.15, 0.2) is 24.8 Å². The summed E-state index contributed by atoms with van der Waals surface area (Å²) in [4.78, 5) is 0. The smallest absolute Gasteiger partial charge is 0.201 e. The first-order valence-electron chi connectivity index (χ1n) is 33.6. The molecule has 85 heavy (non-hydrogen) atoms. The first-order valence-corrected chi connectivity index (χ1v) is 32.1. The van der Waals surface area contributed by atoms with Crippen LogP contribution in [-0.2, 0) is 49.9 Å². The van der Waals surface area contributed by atoms with Crippen molar-refractivity contribution < 1.29 is 22.4 Å². The predicted molar refractivity (Wildman–Crippen MR) is 367 cm³/mol. The lowest BCUT2D eigenvalue weighted by Crippen LogP contribution is -2.35. The van der Waals surface area contributed by atoms with Crippen molar-refractivity contribution in [1.29, 1.82) is 0 Å². The Labute approximate surface area is 523 Å². The monoisotopic (exact) mass is 1150 g/mol. The van der Waals surface area contributed by atoms with E-state index in [0.717, 1.165) is 29.7 Å². The van der Waals surface area contributed by atoms with Gasteiger partial charge in [0.05, 0.1) is 0 Å². The second-order valence-electron chi connectivity index (χ2n) is 26.1. The Kier molecular flexibility index (Phi) is 22.5. The van der Waals surface area contributed by atoms with E-state index in [1.807, 2.05) is 13.0 Å². The zero-order chi connectivity index (χ0) is 65.9. The minimum Gasteiger partial charge on any atom is -0.201 e. The lowest BCUT2D eigenvalue weighted by atomic mass is 9.76. The summed E-state index contributed by atoms with van der Waals surface area (Å²) in [6.07, 6.45) is 18.5. The number of aryl methyl sites for hydroxylation is 13. The highest BCUT2D eigenvalue weighted by atomic mass is 14.9. The first-order chi connectivity index (χ1) is 41.3. The van der Waals surface area contributed by atoms with Crippen LogP contribution in [0.15, 0.2) is 140 Å². The maximum Gasteiger partial charge on any atom is 0.212 e. The van der Waals surface area contributed by atoms with Crippen LogP contribution in [0.5, 0.6) is 0 Å². The molecule has 4 aromatic heterocycles. The van der Waals surface area contributed by atoms with Gasteiger partial charge in [-0.3, -0.25) is 0 Å². The van der Waals surface area contributed by atoms with Gasteiger partial charge < -0.3 is 0 Å². The fourth-order valence-corrected chi connectivity index (χ4v) is 12.5. The van der Waals surface area contributed by atoms with Crippen molar-refractivity contribution in [3.63, 3.8) is 0 Å². The molecule has 0 N–H and O–H groups in total. The van der Waals surface area contributed by atoms with E-state index in [4.69, 9.17) is 4.11 Å². The van der Waals surface area contributed by atoms with Gasteiger partial charge in [0.25, 0.3) is 0 Å². The standard InChI is InChI=1S/C21H30N.3C20H28N/c1-8-21(6,9-2)19-14-22(7)20(13-17(19)5)18-11-10-15(3)12-16(18)4;1-7-20(5,8-2)17-10-12-19(21(6)14-17)18-11-9-15(3)13-16(18)4;2*1-7-20(5,8-2)18-14-21(6)19(13-16(18)4)17-12-10-9-11-15(17)3/h10-14H,8-9H2,1-7H3;3*9-14H,7-8H2,1-6H3/q4*+1/i3D3;;;. The summed E-state index contributed by atoms with van der Waals surface area (Å²) in [6.45, 7) is 42.9. The van der Waals surface area contributed by atoms with E-state index in [2.05, 4.69) is 300 Å². The molecule has 0 aliphatic carbocycles. The van der Waals surface area contributed by atoms with Gasteiger partial charge in [-0.1, -0.05) is 155 Å². The lowest BCUT2D eigenvalue weighted by Gasteiger charge is -2.28. The van der Waals surface area contributed by atoms with E-state index in [-0.39, 0.29) is 21.7 Å². The molecule has 0 amide bonds. The van der Waals surface area contributed by atoms with Crippen molar-refractivity contribution in [2.45, 2.75) is 218 Å². The Morgan fingerprint density at radius 2 is 0.612 bits per heavy atom. The maximum atomic E-state index is 7.59. The second kappa shape index (κ2) is 29.7. The van der Waals surface area contributed by atoms with E-state index in [1.165, 1.54) is 133 Å². The molecule has 0 saturated carbocycles. The summed E-state index contributed by atoms with van der Waals surface area (Å²) < 4.78 is 31.8. The predicted octanol–water partition coefficient (Wildman–Crippen LogP) is 19.8. The Bertz CT molecular complexity index is 3530. The molecule has 0 aliphatic heterocycles. The van der Waals surface area contributed by atoms with E-state index >= 15 is 0 Å². The van der Waals surface area contributed by atoms with Crippen LogP contribution in [0.25, 0.3) is 45.0 Å². The molecular weight excluding hydrogens is 1030 g/mol.